The van der Waals surface area contributed by atoms with Gasteiger partial charge in [0.2, 0.25) is 0 Å². The third-order valence-electron chi connectivity index (χ3n) is 5.45. The van der Waals surface area contributed by atoms with Crippen molar-refractivity contribution in [1.82, 2.24) is 14.3 Å². The zero-order chi connectivity index (χ0) is 26.9. The van der Waals surface area contributed by atoms with Crippen LogP contribution in [0.15, 0.2) is 65.6 Å². The zero-order valence-electron chi connectivity index (χ0n) is 20.3. The van der Waals surface area contributed by atoms with Gasteiger partial charge in [-0.3, -0.25) is 14.3 Å². The molecular weight excluding hydrogens is 501 g/mol. The Bertz CT molecular complexity index is 1530. The molecule has 4 N–H and O–H groups in total. The highest BCUT2D eigenvalue weighted by Crippen LogP contribution is 2.34. The number of anilines is 2. The van der Waals surface area contributed by atoms with Crippen LogP contribution >= 0.6 is 11.6 Å². The molecule has 4 rings (SSSR count). The summed E-state index contributed by atoms with van der Waals surface area (Å²) >= 11 is 6.05. The van der Waals surface area contributed by atoms with Gasteiger partial charge in [0, 0.05) is 24.0 Å². The van der Waals surface area contributed by atoms with E-state index >= 15 is 0 Å². The van der Waals surface area contributed by atoms with Crippen LogP contribution in [0, 0.1) is 12.7 Å². The lowest BCUT2D eigenvalue weighted by Gasteiger charge is -2.22. The van der Waals surface area contributed by atoms with Crippen LogP contribution in [0.2, 0.25) is 5.02 Å². The van der Waals surface area contributed by atoms with Gasteiger partial charge in [-0.05, 0) is 45.0 Å². The lowest BCUT2D eigenvalue weighted by molar-refractivity contribution is 0.0546. The van der Waals surface area contributed by atoms with Crippen molar-refractivity contribution in [3.63, 3.8) is 0 Å². The molecule has 0 fully saturated rings. The number of aliphatic hydroxyl groups is 1. The molecule has 0 spiro atoms. The minimum atomic E-state index is -1.16. The molecule has 9 nitrogen and oxygen atoms in total. The molecule has 2 aromatic carbocycles. The van der Waals surface area contributed by atoms with E-state index in [1.54, 1.807) is 55.8 Å². The van der Waals surface area contributed by atoms with Gasteiger partial charge in [0.05, 0.1) is 23.5 Å². The number of rotatable bonds is 7. The third-order valence-corrected chi connectivity index (χ3v) is 5.83. The van der Waals surface area contributed by atoms with Crippen molar-refractivity contribution in [1.29, 1.82) is 0 Å². The molecule has 4 aromatic rings. The predicted octanol–water partition coefficient (Wildman–Crippen LogP) is 4.53. The van der Waals surface area contributed by atoms with Gasteiger partial charge >= 0.3 is 0 Å². The standard InChI is InChI=1S/C26H25ClFN5O4/c1-15-21(25(35)33(17-7-5-4-6-8-17)32(15)14-26(2,3)36)24(34)31-16-9-10-19(18(28)13-16)37-20-11-12-30-23(29)22(20)27/h4-13,36H,14H2,1-3H3,(H2,29,30)(H,31,34). The highest BCUT2D eigenvalue weighted by molar-refractivity contribution is 6.34. The molecule has 0 saturated heterocycles. The Morgan fingerprint density at radius 2 is 1.89 bits per heavy atom. The number of para-hydroxylation sites is 1. The van der Waals surface area contributed by atoms with E-state index in [1.807, 2.05) is 0 Å². The summed E-state index contributed by atoms with van der Waals surface area (Å²) < 4.78 is 23.2. The van der Waals surface area contributed by atoms with E-state index in [4.69, 9.17) is 22.1 Å². The number of halogens is 2. The fourth-order valence-corrected chi connectivity index (χ4v) is 3.94. The first-order valence-corrected chi connectivity index (χ1v) is 11.6. The lowest BCUT2D eigenvalue weighted by Crippen LogP contribution is -2.32. The largest absolute Gasteiger partial charge is 0.453 e. The Hall–Kier alpha value is -4.15. The van der Waals surface area contributed by atoms with Gasteiger partial charge in [-0.15, -0.1) is 0 Å². The molecule has 0 aliphatic rings. The molecule has 0 aliphatic heterocycles. The maximum Gasteiger partial charge on any atom is 0.284 e. The number of ether oxygens (including phenoxy) is 1. The van der Waals surface area contributed by atoms with E-state index in [0.717, 1.165) is 6.07 Å². The molecule has 11 heteroatoms. The molecule has 1 amide bonds. The molecule has 0 saturated carbocycles. The SMILES string of the molecule is Cc1c(C(=O)Nc2ccc(Oc3ccnc(N)c3Cl)c(F)c2)c(=O)n(-c2ccccc2)n1CC(C)(C)O. The number of nitrogens with one attached hydrogen (secondary N) is 1. The Kier molecular flexibility index (Phi) is 7.06. The van der Waals surface area contributed by atoms with Crippen molar-refractivity contribution in [3.8, 4) is 17.2 Å². The van der Waals surface area contributed by atoms with Crippen molar-refractivity contribution >= 4 is 29.0 Å². The fraction of sp³-hybridized carbons (Fsp3) is 0.192. The molecule has 0 radical (unpaired) electrons. The molecule has 192 valence electrons. The van der Waals surface area contributed by atoms with Gasteiger partial charge in [0.1, 0.15) is 16.4 Å². The summed E-state index contributed by atoms with van der Waals surface area (Å²) in [5, 5.41) is 13.0. The van der Waals surface area contributed by atoms with Crippen LogP contribution in [0.4, 0.5) is 15.9 Å². The summed E-state index contributed by atoms with van der Waals surface area (Å²) in [6.45, 7) is 4.87. The fourth-order valence-electron chi connectivity index (χ4n) is 3.79. The summed E-state index contributed by atoms with van der Waals surface area (Å²) in [7, 11) is 0. The molecular formula is C26H25ClFN5O4. The summed E-state index contributed by atoms with van der Waals surface area (Å²) in [6.07, 6.45) is 1.37. The third kappa shape index (κ3) is 5.50. The highest BCUT2D eigenvalue weighted by atomic mass is 35.5. The van der Waals surface area contributed by atoms with Crippen LogP contribution in [0.5, 0.6) is 11.5 Å². The molecule has 0 bridgehead atoms. The molecule has 0 aliphatic carbocycles. The number of carbonyl (C=O) groups is 1. The van der Waals surface area contributed by atoms with Gasteiger partial charge < -0.3 is 20.9 Å². The zero-order valence-corrected chi connectivity index (χ0v) is 21.1. The van der Waals surface area contributed by atoms with Gasteiger partial charge in [0.25, 0.3) is 11.5 Å². The van der Waals surface area contributed by atoms with Crippen LogP contribution in [0.1, 0.15) is 29.9 Å². The van der Waals surface area contributed by atoms with Crippen LogP contribution in [0.25, 0.3) is 5.69 Å². The summed E-state index contributed by atoms with van der Waals surface area (Å²) in [5.74, 6) is -1.49. The van der Waals surface area contributed by atoms with E-state index in [1.165, 1.54) is 29.1 Å². The smallest absolute Gasteiger partial charge is 0.284 e. The quantitative estimate of drug-likeness (QED) is 0.325. The summed E-state index contributed by atoms with van der Waals surface area (Å²) in [4.78, 5) is 30.4. The second-order valence-corrected chi connectivity index (χ2v) is 9.37. The number of aromatic nitrogens is 3. The van der Waals surface area contributed by atoms with E-state index < -0.39 is 22.9 Å². The van der Waals surface area contributed by atoms with Crippen LogP contribution in [-0.4, -0.2) is 31.0 Å². The first-order valence-electron chi connectivity index (χ1n) is 11.2. The minimum absolute atomic E-state index is 0.0384. The highest BCUT2D eigenvalue weighted by Gasteiger charge is 2.27. The van der Waals surface area contributed by atoms with E-state index in [9.17, 15) is 19.1 Å². The molecule has 37 heavy (non-hydrogen) atoms. The normalized spacial score (nSPS) is 11.4. The van der Waals surface area contributed by atoms with Crippen molar-refractivity contribution in [2.24, 2.45) is 0 Å². The first kappa shape index (κ1) is 25.9. The number of carbonyl (C=O) groups excluding carboxylic acids is 1. The molecule has 2 aromatic heterocycles. The maximum absolute atomic E-state index is 14.8. The monoisotopic (exact) mass is 525 g/mol. The maximum atomic E-state index is 14.8. The van der Waals surface area contributed by atoms with E-state index in [0.29, 0.717) is 11.4 Å². The van der Waals surface area contributed by atoms with Crippen molar-refractivity contribution in [2.45, 2.75) is 32.9 Å². The van der Waals surface area contributed by atoms with E-state index in [-0.39, 0.29) is 40.1 Å². The predicted molar refractivity (Wildman–Crippen MR) is 139 cm³/mol. The topological polar surface area (TPSA) is 124 Å². The second-order valence-electron chi connectivity index (χ2n) is 8.99. The number of amides is 1. The summed E-state index contributed by atoms with van der Waals surface area (Å²) in [6, 6.07) is 14.0. The van der Waals surface area contributed by atoms with Crippen LogP contribution < -0.4 is 21.3 Å². The van der Waals surface area contributed by atoms with Crippen LogP contribution in [0.3, 0.4) is 0 Å². The van der Waals surface area contributed by atoms with Gasteiger partial charge in [-0.1, -0.05) is 29.8 Å². The number of nitrogens with two attached hydrogens (primary N) is 1. The minimum Gasteiger partial charge on any atom is -0.453 e. The van der Waals surface area contributed by atoms with Crippen molar-refractivity contribution in [2.75, 3.05) is 11.1 Å². The Balaban J connectivity index is 1.65. The lowest BCUT2D eigenvalue weighted by atomic mass is 10.1. The average Bonchev–Trinajstić information content (AvgIpc) is 3.07. The van der Waals surface area contributed by atoms with Gasteiger partial charge in [-0.2, -0.15) is 0 Å². The van der Waals surface area contributed by atoms with E-state index in [2.05, 4.69) is 10.3 Å². The number of hydrogen-bond donors (Lipinski definition) is 3. The van der Waals surface area contributed by atoms with Crippen LogP contribution in [-0.2, 0) is 6.54 Å². The average molecular weight is 526 g/mol. The molecule has 0 unspecified atom stereocenters. The Labute approximate surface area is 216 Å². The van der Waals surface area contributed by atoms with Gasteiger partial charge in [-0.25, -0.2) is 14.1 Å². The number of pyridine rings is 1. The first-order chi connectivity index (χ1) is 17.5. The Morgan fingerprint density at radius 3 is 2.54 bits per heavy atom. The van der Waals surface area contributed by atoms with Gasteiger partial charge in [0.15, 0.2) is 17.3 Å². The number of hydrogen-bond acceptors (Lipinski definition) is 6. The number of nitrogen functional groups attached to an aromatic ring is 1. The van der Waals surface area contributed by atoms with Crippen molar-refractivity contribution in [3.05, 3.63) is 93.2 Å². The number of benzene rings is 2. The molecule has 0 atom stereocenters. The van der Waals surface area contributed by atoms with Crippen molar-refractivity contribution < 1.29 is 19.0 Å². The number of nitrogens with zero attached hydrogens (tertiary/aromatic N) is 3. The summed E-state index contributed by atoms with van der Waals surface area (Å²) in [5.41, 5.74) is 4.76. The molecule has 2 heterocycles. The Morgan fingerprint density at radius 1 is 1.19 bits per heavy atom. The second kappa shape index (κ2) is 10.1.